The molecule has 0 aliphatic rings. The van der Waals surface area contributed by atoms with Crippen molar-refractivity contribution in [2.75, 3.05) is 6.61 Å². The number of hydrogen-bond acceptors (Lipinski definition) is 7. The maximum absolute atomic E-state index is 13.1. The van der Waals surface area contributed by atoms with Gasteiger partial charge in [-0.05, 0) is 25.5 Å². The van der Waals surface area contributed by atoms with E-state index in [1.54, 1.807) is 26.0 Å². The number of hydrogen-bond donors (Lipinski definition) is 0. The zero-order chi connectivity index (χ0) is 20.7. The highest BCUT2D eigenvalue weighted by molar-refractivity contribution is 5.97. The number of esters is 1. The van der Waals surface area contributed by atoms with Crippen molar-refractivity contribution < 1.29 is 14.5 Å². The van der Waals surface area contributed by atoms with Gasteiger partial charge in [-0.2, -0.15) is 5.10 Å². The zero-order valence-corrected chi connectivity index (χ0v) is 15.5. The highest BCUT2D eigenvalue weighted by Gasteiger charge is 2.18. The molecule has 0 atom stereocenters. The van der Waals surface area contributed by atoms with E-state index in [-0.39, 0.29) is 28.9 Å². The van der Waals surface area contributed by atoms with Crippen molar-refractivity contribution in [2.24, 2.45) is 0 Å². The standard InChI is InChI=1S/C19H15N5O5/c1-3-29-19(26)14-10-21-23-15-6-7-22(18(25)13(15)9-20-17(14)23)16-8-12(24(27)28)5-4-11(16)2/h4-10H,3H2,1-2H3. The van der Waals surface area contributed by atoms with Crippen LogP contribution in [0.4, 0.5) is 5.69 Å². The average Bonchev–Trinajstić information content (AvgIpc) is 3.13. The maximum Gasteiger partial charge on any atom is 0.343 e. The summed E-state index contributed by atoms with van der Waals surface area (Å²) >= 11 is 0. The molecule has 29 heavy (non-hydrogen) atoms. The van der Waals surface area contributed by atoms with Crippen LogP contribution in [0, 0.1) is 17.0 Å². The number of fused-ring (bicyclic) bond motifs is 3. The first-order chi connectivity index (χ1) is 13.9. The number of carbonyl (C=O) groups excluding carboxylic acids is 1. The molecule has 4 aromatic rings. The van der Waals surface area contributed by atoms with E-state index < -0.39 is 16.5 Å². The fourth-order valence-corrected chi connectivity index (χ4v) is 3.13. The molecule has 3 aromatic heterocycles. The van der Waals surface area contributed by atoms with Crippen LogP contribution in [-0.4, -0.2) is 36.7 Å². The maximum atomic E-state index is 13.1. The van der Waals surface area contributed by atoms with E-state index >= 15 is 0 Å². The van der Waals surface area contributed by atoms with E-state index in [4.69, 9.17) is 4.74 Å². The summed E-state index contributed by atoms with van der Waals surface area (Å²) < 4.78 is 7.72. The fraction of sp³-hybridized carbons (Fsp3) is 0.158. The number of ether oxygens (including phenoxy) is 1. The Balaban J connectivity index is 1.93. The Kier molecular flexibility index (Phi) is 4.30. The van der Waals surface area contributed by atoms with Crippen LogP contribution in [0.2, 0.25) is 0 Å². The van der Waals surface area contributed by atoms with Gasteiger partial charge >= 0.3 is 5.97 Å². The predicted molar refractivity (Wildman–Crippen MR) is 103 cm³/mol. The van der Waals surface area contributed by atoms with Crippen molar-refractivity contribution in [3.63, 3.8) is 0 Å². The lowest BCUT2D eigenvalue weighted by Gasteiger charge is -2.10. The first-order valence-corrected chi connectivity index (χ1v) is 8.73. The number of non-ortho nitro benzene ring substituents is 1. The molecule has 0 spiro atoms. The summed E-state index contributed by atoms with van der Waals surface area (Å²) in [5.74, 6) is -0.546. The Morgan fingerprint density at radius 1 is 1.28 bits per heavy atom. The molecule has 0 fully saturated rings. The molecule has 10 nitrogen and oxygen atoms in total. The van der Waals surface area contributed by atoms with Crippen molar-refractivity contribution in [1.82, 2.24) is 19.2 Å². The third-order valence-electron chi connectivity index (χ3n) is 4.55. The van der Waals surface area contributed by atoms with Gasteiger partial charge in [0.1, 0.15) is 5.56 Å². The van der Waals surface area contributed by atoms with E-state index in [0.29, 0.717) is 16.8 Å². The normalized spacial score (nSPS) is 11.1. The molecule has 0 saturated heterocycles. The molecule has 0 radical (unpaired) electrons. The van der Waals surface area contributed by atoms with Crippen molar-refractivity contribution in [1.29, 1.82) is 0 Å². The smallest absolute Gasteiger partial charge is 0.343 e. The molecule has 0 amide bonds. The van der Waals surface area contributed by atoms with Crippen LogP contribution in [-0.2, 0) is 4.74 Å². The number of rotatable bonds is 4. The molecule has 1 aromatic carbocycles. The topological polar surface area (TPSA) is 122 Å². The van der Waals surface area contributed by atoms with Crippen molar-refractivity contribution >= 4 is 28.2 Å². The van der Waals surface area contributed by atoms with Gasteiger partial charge in [-0.1, -0.05) is 6.07 Å². The summed E-state index contributed by atoms with van der Waals surface area (Å²) in [5.41, 5.74) is 1.52. The van der Waals surface area contributed by atoms with Gasteiger partial charge in [0, 0.05) is 24.5 Å². The van der Waals surface area contributed by atoms with Crippen molar-refractivity contribution in [2.45, 2.75) is 13.8 Å². The Bertz CT molecular complexity index is 1350. The van der Waals surface area contributed by atoms with Crippen LogP contribution in [0.5, 0.6) is 0 Å². The lowest BCUT2D eigenvalue weighted by atomic mass is 10.1. The summed E-state index contributed by atoms with van der Waals surface area (Å²) in [5, 5.41) is 15.5. The number of aromatic nitrogens is 4. The summed E-state index contributed by atoms with van der Waals surface area (Å²) in [6.45, 7) is 3.68. The van der Waals surface area contributed by atoms with Gasteiger partial charge in [-0.15, -0.1) is 0 Å². The van der Waals surface area contributed by atoms with Crippen LogP contribution in [0.15, 0.2) is 47.7 Å². The quantitative estimate of drug-likeness (QED) is 0.296. The zero-order valence-electron chi connectivity index (χ0n) is 15.5. The number of benzene rings is 1. The Morgan fingerprint density at radius 2 is 2.07 bits per heavy atom. The molecule has 10 heteroatoms. The van der Waals surface area contributed by atoms with E-state index in [1.807, 2.05) is 0 Å². The molecular formula is C19H15N5O5. The van der Waals surface area contributed by atoms with Gasteiger partial charge in [0.25, 0.3) is 11.2 Å². The van der Waals surface area contributed by atoms with Gasteiger partial charge in [0.15, 0.2) is 5.65 Å². The highest BCUT2D eigenvalue weighted by atomic mass is 16.6. The highest BCUT2D eigenvalue weighted by Crippen LogP contribution is 2.21. The molecular weight excluding hydrogens is 378 g/mol. The third-order valence-corrected chi connectivity index (χ3v) is 4.55. The SMILES string of the molecule is CCOC(=O)c1cnn2c1ncc1c(=O)n(-c3cc([N+](=O)[O-])ccc3C)ccc12. The Morgan fingerprint density at radius 3 is 2.79 bits per heavy atom. The lowest BCUT2D eigenvalue weighted by molar-refractivity contribution is -0.384. The van der Waals surface area contributed by atoms with Crippen LogP contribution in [0.3, 0.4) is 0 Å². The second-order valence-corrected chi connectivity index (χ2v) is 6.29. The summed E-state index contributed by atoms with van der Waals surface area (Å²) in [6, 6.07) is 5.97. The van der Waals surface area contributed by atoms with Crippen LogP contribution < -0.4 is 5.56 Å². The molecule has 0 aliphatic carbocycles. The number of pyridine rings is 1. The molecule has 3 heterocycles. The molecule has 0 saturated carbocycles. The van der Waals surface area contributed by atoms with Gasteiger partial charge in [-0.3, -0.25) is 19.5 Å². The average molecular weight is 393 g/mol. The molecule has 4 rings (SSSR count). The number of aryl methyl sites for hydroxylation is 1. The van der Waals surface area contributed by atoms with E-state index in [9.17, 15) is 19.7 Å². The molecule has 0 N–H and O–H groups in total. The molecule has 0 bridgehead atoms. The minimum absolute atomic E-state index is 0.114. The minimum Gasteiger partial charge on any atom is -0.462 e. The van der Waals surface area contributed by atoms with Gasteiger partial charge in [0.2, 0.25) is 0 Å². The fourth-order valence-electron chi connectivity index (χ4n) is 3.13. The number of nitro groups is 1. The van der Waals surface area contributed by atoms with Crippen LogP contribution in [0.1, 0.15) is 22.8 Å². The van der Waals surface area contributed by atoms with Crippen molar-refractivity contribution in [3.8, 4) is 5.69 Å². The number of nitro benzene ring substituents is 1. The third kappa shape index (κ3) is 2.90. The first kappa shape index (κ1) is 18.3. The van der Waals surface area contributed by atoms with Gasteiger partial charge in [0.05, 0.1) is 34.3 Å². The summed E-state index contributed by atoms with van der Waals surface area (Å²) in [6.07, 6.45) is 4.22. The first-order valence-electron chi connectivity index (χ1n) is 8.73. The largest absolute Gasteiger partial charge is 0.462 e. The molecule has 0 unspecified atom stereocenters. The van der Waals surface area contributed by atoms with Gasteiger partial charge in [-0.25, -0.2) is 14.3 Å². The lowest BCUT2D eigenvalue weighted by Crippen LogP contribution is -2.20. The summed E-state index contributed by atoms with van der Waals surface area (Å²) in [4.78, 5) is 39.9. The predicted octanol–water partition coefficient (Wildman–Crippen LogP) is 2.43. The Hall–Kier alpha value is -4.08. The second-order valence-electron chi connectivity index (χ2n) is 6.29. The molecule has 146 valence electrons. The minimum atomic E-state index is -0.546. The number of nitrogens with zero attached hydrogens (tertiary/aromatic N) is 5. The van der Waals surface area contributed by atoms with Gasteiger partial charge < -0.3 is 4.74 Å². The number of carbonyl (C=O) groups is 1. The van der Waals surface area contributed by atoms with E-state index in [2.05, 4.69) is 10.1 Å². The Labute approximate surface area is 163 Å². The monoisotopic (exact) mass is 393 g/mol. The molecule has 0 aliphatic heterocycles. The van der Waals surface area contributed by atoms with Crippen LogP contribution in [0.25, 0.3) is 22.2 Å². The van der Waals surface area contributed by atoms with E-state index in [1.165, 1.54) is 39.8 Å². The van der Waals surface area contributed by atoms with Crippen LogP contribution >= 0.6 is 0 Å². The summed E-state index contributed by atoms with van der Waals surface area (Å²) in [7, 11) is 0. The van der Waals surface area contributed by atoms with Crippen molar-refractivity contribution in [3.05, 3.63) is 74.5 Å². The van der Waals surface area contributed by atoms with E-state index in [0.717, 1.165) is 0 Å². The second kappa shape index (κ2) is 6.82.